The van der Waals surface area contributed by atoms with Crippen LogP contribution in [0.2, 0.25) is 0 Å². The van der Waals surface area contributed by atoms with Crippen molar-refractivity contribution in [3.8, 4) is 0 Å². The summed E-state index contributed by atoms with van der Waals surface area (Å²) in [5.74, 6) is -14.6. The van der Waals surface area contributed by atoms with E-state index in [0.717, 1.165) is 0 Å². The van der Waals surface area contributed by atoms with Crippen molar-refractivity contribution in [2.45, 2.75) is 44.8 Å². The van der Waals surface area contributed by atoms with E-state index < -0.39 is 50.8 Å². The molecule has 0 saturated heterocycles. The molecule has 0 rings (SSSR count). The molecule has 0 aromatic rings. The monoisotopic (exact) mass is 328 g/mol. The highest BCUT2D eigenvalue weighted by Crippen LogP contribution is 2.48. The van der Waals surface area contributed by atoms with Gasteiger partial charge in [-0.05, 0) is 0 Å². The van der Waals surface area contributed by atoms with Crippen molar-refractivity contribution < 1.29 is 39.6 Å². The molecule has 0 amide bonds. The number of halogens is 6. The molecule has 0 saturated carbocycles. The van der Waals surface area contributed by atoms with E-state index >= 15 is 0 Å². The summed E-state index contributed by atoms with van der Waals surface area (Å²) < 4.78 is 99.9. The number of rotatable bonds is 5. The van der Waals surface area contributed by atoms with Gasteiger partial charge in [0, 0.05) is 12.3 Å². The molecule has 0 radical (unpaired) electrons. The van der Waals surface area contributed by atoms with Crippen molar-refractivity contribution in [1.82, 2.24) is 0 Å². The molecule has 0 fully saturated rings. The van der Waals surface area contributed by atoms with E-state index in [1.807, 2.05) is 0 Å². The highest BCUT2D eigenvalue weighted by atomic mass is 32.2. The van der Waals surface area contributed by atoms with Gasteiger partial charge in [-0.2, -0.15) is 26.3 Å². The van der Waals surface area contributed by atoms with Gasteiger partial charge in [-0.1, -0.05) is 20.8 Å². The minimum absolute atomic E-state index is 0.526. The van der Waals surface area contributed by atoms with Crippen LogP contribution in [0.5, 0.6) is 0 Å². The topological polar surface area (TPSA) is 51.2 Å². The maximum atomic E-state index is 13.3. The first-order valence-electron chi connectivity index (χ1n) is 5.27. The van der Waals surface area contributed by atoms with Gasteiger partial charge >= 0.3 is 17.1 Å². The quantitative estimate of drug-likeness (QED) is 0.729. The number of carbonyl (C=O) groups excluding carboxylic acids is 1. The van der Waals surface area contributed by atoms with Gasteiger partial charge in [-0.3, -0.25) is 4.79 Å². The maximum absolute atomic E-state index is 13.3. The van der Waals surface area contributed by atoms with E-state index in [1.54, 1.807) is 0 Å². The molecular weight excluding hydrogens is 314 g/mol. The predicted octanol–water partition coefficient (Wildman–Crippen LogP) is 2.90. The summed E-state index contributed by atoms with van der Waals surface area (Å²) in [6.07, 6.45) is 0. The Hall–Kier alpha value is -0.800. The van der Waals surface area contributed by atoms with Gasteiger partial charge in [-0.15, -0.1) is 0 Å². The first-order chi connectivity index (χ1) is 8.38. The van der Waals surface area contributed by atoms with Gasteiger partial charge in [-0.25, -0.2) is 8.42 Å². The van der Waals surface area contributed by atoms with Crippen LogP contribution in [0.4, 0.5) is 26.3 Å². The number of sulfone groups is 1. The van der Waals surface area contributed by atoms with Gasteiger partial charge in [0.2, 0.25) is 9.84 Å². The number of carbonyl (C=O) groups is 1. The van der Waals surface area contributed by atoms with Crippen LogP contribution in [0.15, 0.2) is 0 Å². The molecule has 20 heavy (non-hydrogen) atoms. The van der Waals surface area contributed by atoms with E-state index in [2.05, 4.69) is 0 Å². The van der Waals surface area contributed by atoms with Crippen molar-refractivity contribution in [2.24, 2.45) is 5.41 Å². The van der Waals surface area contributed by atoms with Crippen molar-refractivity contribution in [3.63, 3.8) is 0 Å². The Morgan fingerprint density at radius 2 is 1.25 bits per heavy atom. The fourth-order valence-corrected chi connectivity index (χ4v) is 2.46. The second-order valence-corrected chi connectivity index (χ2v) is 7.44. The smallest absolute Gasteiger partial charge is 0.298 e. The first-order valence-corrected chi connectivity index (χ1v) is 6.92. The summed E-state index contributed by atoms with van der Waals surface area (Å²) in [5.41, 5.74) is -1.40. The molecular formula is C10H14F6O3S. The number of alkyl halides is 6. The van der Waals surface area contributed by atoms with Crippen LogP contribution in [0.25, 0.3) is 0 Å². The van der Waals surface area contributed by atoms with Crippen LogP contribution < -0.4 is 0 Å². The van der Waals surface area contributed by atoms with Gasteiger partial charge in [0.15, 0.2) is 5.78 Å². The van der Waals surface area contributed by atoms with Crippen LogP contribution in [-0.4, -0.2) is 37.1 Å². The summed E-state index contributed by atoms with van der Waals surface area (Å²) in [6.45, 7) is 3.00. The third-order valence-electron chi connectivity index (χ3n) is 2.47. The molecule has 0 aliphatic rings. The molecule has 0 aromatic heterocycles. The summed E-state index contributed by atoms with van der Waals surface area (Å²) in [5, 5.41) is -6.06. The van der Waals surface area contributed by atoms with E-state index in [1.165, 1.54) is 20.8 Å². The zero-order valence-corrected chi connectivity index (χ0v) is 11.9. The van der Waals surface area contributed by atoms with Gasteiger partial charge in [0.05, 0.1) is 0 Å². The van der Waals surface area contributed by atoms with Crippen LogP contribution in [0.1, 0.15) is 27.7 Å². The summed E-state index contributed by atoms with van der Waals surface area (Å²) >= 11 is 0. The summed E-state index contributed by atoms with van der Waals surface area (Å²) in [4.78, 5) is 11.4. The molecule has 0 aromatic carbocycles. The minimum Gasteiger partial charge on any atom is -0.298 e. The molecule has 120 valence electrons. The van der Waals surface area contributed by atoms with E-state index in [9.17, 15) is 39.6 Å². The molecule has 0 aliphatic heterocycles. The molecule has 0 aliphatic carbocycles. The minimum atomic E-state index is -6.13. The number of hydrogen-bond acceptors (Lipinski definition) is 3. The molecule has 0 bridgehead atoms. The lowest BCUT2D eigenvalue weighted by Crippen LogP contribution is -2.57. The van der Waals surface area contributed by atoms with Crippen molar-refractivity contribution in [3.05, 3.63) is 0 Å². The van der Waals surface area contributed by atoms with Crippen molar-refractivity contribution >= 4 is 15.6 Å². The largest absolute Gasteiger partial charge is 0.413 e. The van der Waals surface area contributed by atoms with E-state index in [0.29, 0.717) is 0 Å². The Balaban J connectivity index is 5.68. The number of Topliss-reactive ketones (excluding diaryl/α,β-unsaturated/α-hetero) is 1. The molecule has 0 unspecified atom stereocenters. The van der Waals surface area contributed by atoms with E-state index in [-0.39, 0.29) is 0 Å². The highest BCUT2D eigenvalue weighted by molar-refractivity contribution is 7.93. The van der Waals surface area contributed by atoms with Crippen LogP contribution >= 0.6 is 0 Å². The Morgan fingerprint density at radius 3 is 1.50 bits per heavy atom. The van der Waals surface area contributed by atoms with E-state index in [4.69, 9.17) is 0 Å². The fraction of sp³-hybridized carbons (Fsp3) is 0.900. The molecule has 3 nitrogen and oxygen atoms in total. The molecule has 0 atom stereocenters. The number of ketones is 1. The molecule has 0 spiro atoms. The zero-order valence-electron chi connectivity index (χ0n) is 11.1. The second-order valence-electron chi connectivity index (χ2n) is 5.41. The van der Waals surface area contributed by atoms with Gasteiger partial charge in [0.1, 0.15) is 5.75 Å². The Morgan fingerprint density at radius 1 is 0.900 bits per heavy atom. The molecule has 0 N–H and O–H groups in total. The van der Waals surface area contributed by atoms with Gasteiger partial charge < -0.3 is 0 Å². The predicted molar refractivity (Wildman–Crippen MR) is 58.8 cm³/mol. The lowest BCUT2D eigenvalue weighted by atomic mass is 9.92. The summed E-state index contributed by atoms with van der Waals surface area (Å²) in [7, 11) is -6.10. The molecule has 10 heteroatoms. The Labute approximate surface area is 112 Å². The van der Waals surface area contributed by atoms with Crippen molar-refractivity contribution in [2.75, 3.05) is 5.75 Å². The van der Waals surface area contributed by atoms with Gasteiger partial charge in [0.25, 0.3) is 0 Å². The van der Waals surface area contributed by atoms with Crippen LogP contribution in [0.3, 0.4) is 0 Å². The van der Waals surface area contributed by atoms with Crippen LogP contribution in [0, 0.1) is 5.41 Å². The first kappa shape index (κ1) is 19.2. The highest BCUT2D eigenvalue weighted by Gasteiger charge is 2.75. The lowest BCUT2D eigenvalue weighted by molar-refractivity contribution is -0.271. The third kappa shape index (κ3) is 3.26. The van der Waals surface area contributed by atoms with Crippen LogP contribution in [-0.2, 0) is 14.6 Å². The standard InChI is InChI=1S/C10H14F6O3S/c1-7(2,3)6(17)5-20(18,19)10(15,16)9(13,14)8(4,11)12/h5H2,1-4H3. The average Bonchev–Trinajstić information content (AvgIpc) is 2.12. The summed E-state index contributed by atoms with van der Waals surface area (Å²) in [6, 6.07) is 0. The number of hydrogen-bond donors (Lipinski definition) is 0. The maximum Gasteiger partial charge on any atom is 0.413 e. The van der Waals surface area contributed by atoms with Crippen molar-refractivity contribution in [1.29, 1.82) is 0 Å². The lowest BCUT2D eigenvalue weighted by Gasteiger charge is -2.30. The molecule has 0 heterocycles. The Kier molecular flexibility index (Phi) is 4.69. The fourth-order valence-electron chi connectivity index (χ4n) is 0.931. The normalized spacial score (nSPS) is 15.3. The second kappa shape index (κ2) is 4.88. The Bertz CT molecular complexity index is 484. The third-order valence-corrected chi connectivity index (χ3v) is 4.14. The SMILES string of the molecule is CC(C)(C)C(=O)CS(=O)(=O)C(F)(F)C(F)(F)C(C)(F)F. The zero-order chi connectivity index (χ0) is 16.8. The average molecular weight is 328 g/mol.